The number of hydrogen-bond donors (Lipinski definition) is 1. The molecule has 0 radical (unpaired) electrons. The molecule has 1 aromatic heterocycles. The van der Waals surface area contributed by atoms with Crippen LogP contribution in [0.3, 0.4) is 0 Å². The van der Waals surface area contributed by atoms with E-state index in [1.807, 2.05) is 0 Å². The topological polar surface area (TPSA) is 51.5 Å². The number of ether oxygens (including phenoxy) is 1. The first-order chi connectivity index (χ1) is 7.67. The van der Waals surface area contributed by atoms with Crippen LogP contribution in [0.4, 0.5) is 0 Å². The van der Waals surface area contributed by atoms with E-state index in [0.29, 0.717) is 22.9 Å². The molecule has 5 heteroatoms. The molecule has 0 saturated carbocycles. The summed E-state index contributed by atoms with van der Waals surface area (Å²) in [7, 11) is 1.55. The smallest absolute Gasteiger partial charge is 0.153 e. The number of carbonyl (C=O) groups is 1. The van der Waals surface area contributed by atoms with Gasteiger partial charge in [-0.25, -0.2) is 0 Å². The Kier molecular flexibility index (Phi) is 2.62. The maximum absolute atomic E-state index is 10.8. The summed E-state index contributed by atoms with van der Waals surface area (Å²) >= 11 is 4.93. The van der Waals surface area contributed by atoms with Crippen LogP contribution in [0.5, 0.6) is 5.75 Å². The SMILES string of the molecule is COc1ccc2c(c1)cc(C=O)c(=S)n2O. The lowest BCUT2D eigenvalue weighted by atomic mass is 10.1. The van der Waals surface area contributed by atoms with E-state index in [2.05, 4.69) is 0 Å². The molecule has 0 saturated heterocycles. The molecular weight excluding hydrogens is 226 g/mol. The van der Waals surface area contributed by atoms with Gasteiger partial charge in [-0.3, -0.25) is 4.79 Å². The fraction of sp³-hybridized carbons (Fsp3) is 0.0909. The van der Waals surface area contributed by atoms with E-state index in [0.717, 1.165) is 4.73 Å². The van der Waals surface area contributed by atoms with E-state index in [-0.39, 0.29) is 10.2 Å². The fourth-order valence-corrected chi connectivity index (χ4v) is 1.72. The van der Waals surface area contributed by atoms with Crippen molar-refractivity contribution >= 4 is 29.4 Å². The molecule has 0 aliphatic rings. The van der Waals surface area contributed by atoms with Gasteiger partial charge >= 0.3 is 0 Å². The van der Waals surface area contributed by atoms with Crippen molar-refractivity contribution in [1.82, 2.24) is 4.73 Å². The average molecular weight is 235 g/mol. The van der Waals surface area contributed by atoms with Crippen LogP contribution in [-0.4, -0.2) is 23.3 Å². The third kappa shape index (κ3) is 1.55. The molecule has 1 N–H and O–H groups in total. The molecule has 4 nitrogen and oxygen atoms in total. The van der Waals surface area contributed by atoms with Crippen LogP contribution in [0.25, 0.3) is 10.9 Å². The number of aromatic nitrogens is 1. The van der Waals surface area contributed by atoms with Crippen molar-refractivity contribution in [3.8, 4) is 5.75 Å². The zero-order valence-electron chi connectivity index (χ0n) is 8.51. The van der Waals surface area contributed by atoms with Crippen molar-refractivity contribution < 1.29 is 14.7 Å². The number of benzene rings is 1. The summed E-state index contributed by atoms with van der Waals surface area (Å²) in [6, 6.07) is 6.74. The lowest BCUT2D eigenvalue weighted by Gasteiger charge is -2.07. The Hall–Kier alpha value is -1.88. The number of aldehydes is 1. The monoisotopic (exact) mass is 235 g/mol. The molecule has 0 fully saturated rings. The summed E-state index contributed by atoms with van der Waals surface area (Å²) in [4.78, 5) is 10.8. The van der Waals surface area contributed by atoms with Gasteiger partial charge in [-0.2, -0.15) is 4.73 Å². The van der Waals surface area contributed by atoms with Gasteiger partial charge in [0.25, 0.3) is 0 Å². The number of rotatable bonds is 2. The van der Waals surface area contributed by atoms with Crippen molar-refractivity contribution in [1.29, 1.82) is 0 Å². The van der Waals surface area contributed by atoms with Gasteiger partial charge in [-0.1, -0.05) is 12.2 Å². The molecule has 0 spiro atoms. The van der Waals surface area contributed by atoms with Crippen molar-refractivity contribution in [2.45, 2.75) is 0 Å². The molecule has 0 unspecified atom stereocenters. The summed E-state index contributed by atoms with van der Waals surface area (Å²) in [5, 5.41) is 10.4. The van der Waals surface area contributed by atoms with Crippen LogP contribution < -0.4 is 4.74 Å². The summed E-state index contributed by atoms with van der Waals surface area (Å²) in [5.74, 6) is 0.654. The predicted octanol–water partition coefficient (Wildman–Crippen LogP) is 2.43. The van der Waals surface area contributed by atoms with Crippen molar-refractivity contribution in [2.75, 3.05) is 7.11 Å². The van der Waals surface area contributed by atoms with Crippen LogP contribution >= 0.6 is 12.2 Å². The molecule has 1 heterocycles. The van der Waals surface area contributed by atoms with Crippen LogP contribution in [0, 0.1) is 4.64 Å². The standard InChI is InChI=1S/C11H9NO3S/c1-15-9-2-3-10-7(5-9)4-8(6-13)11(16)12(10)14/h2-6,14H,1H3. The number of nitrogens with zero attached hydrogens (tertiary/aromatic N) is 1. The van der Waals surface area contributed by atoms with Gasteiger partial charge in [-0.15, -0.1) is 0 Å². The second-order valence-electron chi connectivity index (χ2n) is 3.26. The average Bonchev–Trinajstić information content (AvgIpc) is 2.33. The van der Waals surface area contributed by atoms with Gasteiger partial charge in [0.2, 0.25) is 0 Å². The Balaban J connectivity index is 2.87. The number of pyridine rings is 1. The van der Waals surface area contributed by atoms with Gasteiger partial charge in [0.05, 0.1) is 18.2 Å². The van der Waals surface area contributed by atoms with Crippen LogP contribution in [0.2, 0.25) is 0 Å². The Morgan fingerprint density at radius 3 is 2.81 bits per heavy atom. The Morgan fingerprint density at radius 2 is 2.19 bits per heavy atom. The van der Waals surface area contributed by atoms with Gasteiger partial charge in [0, 0.05) is 5.39 Å². The Morgan fingerprint density at radius 1 is 1.44 bits per heavy atom. The maximum Gasteiger partial charge on any atom is 0.153 e. The third-order valence-corrected chi connectivity index (χ3v) is 2.75. The first-order valence-corrected chi connectivity index (χ1v) is 4.96. The van der Waals surface area contributed by atoms with Gasteiger partial charge < -0.3 is 9.94 Å². The molecule has 0 atom stereocenters. The van der Waals surface area contributed by atoms with Crippen LogP contribution in [-0.2, 0) is 0 Å². The van der Waals surface area contributed by atoms with Crippen molar-refractivity contribution in [2.24, 2.45) is 0 Å². The summed E-state index contributed by atoms with van der Waals surface area (Å²) in [6.07, 6.45) is 0.619. The zero-order valence-corrected chi connectivity index (χ0v) is 9.32. The molecule has 1 aromatic carbocycles. The Bertz CT molecular complexity index is 618. The minimum atomic E-state index is 0.104. The van der Waals surface area contributed by atoms with E-state index in [4.69, 9.17) is 17.0 Å². The summed E-state index contributed by atoms with van der Waals surface area (Å²) < 4.78 is 5.99. The predicted molar refractivity (Wildman–Crippen MR) is 61.9 cm³/mol. The van der Waals surface area contributed by atoms with E-state index < -0.39 is 0 Å². The highest BCUT2D eigenvalue weighted by Gasteiger charge is 2.05. The third-order valence-electron chi connectivity index (χ3n) is 2.34. The van der Waals surface area contributed by atoms with Gasteiger partial charge in [0.15, 0.2) is 10.9 Å². The minimum Gasteiger partial charge on any atom is -0.497 e. The highest BCUT2D eigenvalue weighted by Crippen LogP contribution is 2.21. The van der Waals surface area contributed by atoms with Crippen molar-refractivity contribution in [3.63, 3.8) is 0 Å². The maximum atomic E-state index is 10.8. The van der Waals surface area contributed by atoms with Gasteiger partial charge in [0.1, 0.15) is 5.75 Å². The quantitative estimate of drug-likeness (QED) is 0.493. The minimum absolute atomic E-state index is 0.104. The zero-order chi connectivity index (χ0) is 11.7. The molecule has 2 rings (SSSR count). The number of methoxy groups -OCH3 is 1. The van der Waals surface area contributed by atoms with E-state index in [9.17, 15) is 10.0 Å². The highest BCUT2D eigenvalue weighted by atomic mass is 32.1. The second kappa shape index (κ2) is 3.94. The lowest BCUT2D eigenvalue weighted by Crippen LogP contribution is -2.00. The Labute approximate surface area is 96.7 Å². The normalized spacial score (nSPS) is 10.3. The molecule has 0 aliphatic heterocycles. The molecule has 0 amide bonds. The van der Waals surface area contributed by atoms with Crippen LogP contribution in [0.1, 0.15) is 10.4 Å². The highest BCUT2D eigenvalue weighted by molar-refractivity contribution is 7.71. The first-order valence-electron chi connectivity index (χ1n) is 4.55. The number of fused-ring (bicyclic) bond motifs is 1. The number of hydrogen-bond acceptors (Lipinski definition) is 4. The van der Waals surface area contributed by atoms with E-state index in [1.165, 1.54) is 0 Å². The molecular formula is C11H9NO3S. The second-order valence-corrected chi connectivity index (χ2v) is 3.65. The molecule has 2 aromatic rings. The molecule has 16 heavy (non-hydrogen) atoms. The summed E-state index contributed by atoms with van der Waals surface area (Å²) in [6.45, 7) is 0. The van der Waals surface area contributed by atoms with E-state index >= 15 is 0 Å². The lowest BCUT2D eigenvalue weighted by molar-refractivity contribution is 0.111. The molecule has 82 valence electrons. The van der Waals surface area contributed by atoms with Crippen molar-refractivity contribution in [3.05, 3.63) is 34.5 Å². The first kappa shape index (κ1) is 10.6. The molecule has 0 bridgehead atoms. The van der Waals surface area contributed by atoms with Gasteiger partial charge in [-0.05, 0) is 24.3 Å². The summed E-state index contributed by atoms with van der Waals surface area (Å²) in [5.41, 5.74) is 0.814. The fourth-order valence-electron chi connectivity index (χ4n) is 1.51. The van der Waals surface area contributed by atoms with E-state index in [1.54, 1.807) is 31.4 Å². The number of carbonyl (C=O) groups excluding carboxylic acids is 1. The van der Waals surface area contributed by atoms with Crippen LogP contribution in [0.15, 0.2) is 24.3 Å². The molecule has 0 aliphatic carbocycles. The largest absolute Gasteiger partial charge is 0.497 e.